The molecule has 284 valence electrons. The average molecular weight is 716 g/mol. The number of ether oxygens (including phenoxy) is 2. The van der Waals surface area contributed by atoms with E-state index in [9.17, 15) is 23.8 Å². The fraction of sp³-hybridized carbons (Fsp3) is 0.757. The van der Waals surface area contributed by atoms with Crippen molar-refractivity contribution in [2.45, 2.75) is 161 Å². The van der Waals surface area contributed by atoms with Crippen molar-refractivity contribution in [1.82, 2.24) is 0 Å². The van der Waals surface area contributed by atoms with E-state index in [-0.39, 0.29) is 19.4 Å². The van der Waals surface area contributed by atoms with Gasteiger partial charge < -0.3 is 25.2 Å². The smallest absolute Gasteiger partial charge is 0.472 e. The Kier molecular flexibility index (Phi) is 31.3. The molecule has 0 aromatic carbocycles. The standard InChI is InChI=1S/C37H66NO10P/c1-3-5-7-9-11-13-15-17-19-21-23-25-27-29-36(40)48-33(31-46-49(43,44)47-32-34(38)37(41)42)30-45-35(39)28-26-24-22-20-18-16-14-12-10-8-6-4-2/h5,7,9,11,13,15,33-34H,3-4,6,8,10,12,14,16-32,38H2,1-2H3,(H,41,42)(H,43,44)/b7-5+,11-9+,15-13+/t33?,34-/m0/s1. The highest BCUT2D eigenvalue weighted by molar-refractivity contribution is 7.47. The van der Waals surface area contributed by atoms with Gasteiger partial charge in [0.1, 0.15) is 12.6 Å². The highest BCUT2D eigenvalue weighted by atomic mass is 31.2. The number of hydrogen-bond acceptors (Lipinski definition) is 9. The van der Waals surface area contributed by atoms with Gasteiger partial charge in [-0.3, -0.25) is 23.4 Å². The molecule has 4 N–H and O–H groups in total. The maximum atomic E-state index is 12.5. The summed E-state index contributed by atoms with van der Waals surface area (Å²) in [7, 11) is -4.71. The van der Waals surface area contributed by atoms with Gasteiger partial charge in [0.25, 0.3) is 0 Å². The predicted octanol–water partition coefficient (Wildman–Crippen LogP) is 8.89. The van der Waals surface area contributed by atoms with E-state index in [1.807, 2.05) is 24.3 Å². The van der Waals surface area contributed by atoms with Crippen LogP contribution in [0.3, 0.4) is 0 Å². The summed E-state index contributed by atoms with van der Waals surface area (Å²) in [6.07, 6.45) is 32.2. The number of nitrogens with two attached hydrogens (primary N) is 1. The molecule has 0 rings (SSSR count). The lowest BCUT2D eigenvalue weighted by Gasteiger charge is -2.20. The van der Waals surface area contributed by atoms with Crippen LogP contribution in [-0.4, -0.2) is 59.9 Å². The lowest BCUT2D eigenvalue weighted by Crippen LogP contribution is -2.34. The summed E-state index contributed by atoms with van der Waals surface area (Å²) in [4.78, 5) is 45.7. The van der Waals surface area contributed by atoms with Crippen molar-refractivity contribution in [3.8, 4) is 0 Å². The zero-order chi connectivity index (χ0) is 36.4. The first kappa shape index (κ1) is 46.7. The van der Waals surface area contributed by atoms with Gasteiger partial charge in [-0.25, -0.2) is 4.57 Å². The number of aliphatic carboxylic acids is 1. The van der Waals surface area contributed by atoms with Gasteiger partial charge in [0.05, 0.1) is 13.2 Å². The summed E-state index contributed by atoms with van der Waals surface area (Å²) >= 11 is 0. The number of carboxylic acid groups (broad SMARTS) is 1. The Balaban J connectivity index is 4.49. The molecular formula is C37H66NO10P. The lowest BCUT2D eigenvalue weighted by atomic mass is 10.0. The van der Waals surface area contributed by atoms with Gasteiger partial charge in [-0.1, -0.05) is 140 Å². The lowest BCUT2D eigenvalue weighted by molar-refractivity contribution is -0.161. The summed E-state index contributed by atoms with van der Waals surface area (Å²) in [5.74, 6) is -2.41. The van der Waals surface area contributed by atoms with Gasteiger partial charge in [-0.2, -0.15) is 0 Å². The minimum atomic E-state index is -4.71. The van der Waals surface area contributed by atoms with E-state index in [2.05, 4.69) is 30.5 Å². The summed E-state index contributed by atoms with van der Waals surface area (Å²) in [5.41, 5.74) is 5.31. The highest BCUT2D eigenvalue weighted by Crippen LogP contribution is 2.43. The number of carboxylic acids is 1. The van der Waals surface area contributed by atoms with Crippen LogP contribution in [0.15, 0.2) is 36.5 Å². The molecule has 0 fully saturated rings. The van der Waals surface area contributed by atoms with Gasteiger partial charge in [0.15, 0.2) is 6.10 Å². The molecule has 0 bridgehead atoms. The van der Waals surface area contributed by atoms with Crippen LogP contribution < -0.4 is 5.73 Å². The quantitative estimate of drug-likeness (QED) is 0.0251. The molecule has 49 heavy (non-hydrogen) atoms. The molecule has 12 heteroatoms. The van der Waals surface area contributed by atoms with Crippen LogP contribution in [0.1, 0.15) is 149 Å². The van der Waals surface area contributed by atoms with Crippen molar-refractivity contribution < 1.29 is 47.5 Å². The minimum absolute atomic E-state index is 0.139. The summed E-state index contributed by atoms with van der Waals surface area (Å²) in [6, 6.07) is -1.52. The Morgan fingerprint density at radius 3 is 1.69 bits per heavy atom. The Morgan fingerprint density at radius 1 is 0.653 bits per heavy atom. The summed E-state index contributed by atoms with van der Waals surface area (Å²) in [5, 5.41) is 8.85. The molecule has 0 aliphatic carbocycles. The summed E-state index contributed by atoms with van der Waals surface area (Å²) < 4.78 is 32.5. The zero-order valence-corrected chi connectivity index (χ0v) is 31.2. The molecule has 3 atom stereocenters. The molecule has 0 saturated heterocycles. The Hall–Kier alpha value is -2.30. The summed E-state index contributed by atoms with van der Waals surface area (Å²) in [6.45, 7) is 2.62. The molecule has 0 spiro atoms. The number of hydrogen-bond donors (Lipinski definition) is 3. The normalized spacial score (nSPS) is 14.4. The van der Waals surface area contributed by atoms with E-state index in [0.717, 1.165) is 57.8 Å². The fourth-order valence-electron chi connectivity index (χ4n) is 4.77. The molecule has 0 amide bonds. The second-order valence-corrected chi connectivity index (χ2v) is 13.8. The van der Waals surface area contributed by atoms with Crippen molar-refractivity contribution in [3.63, 3.8) is 0 Å². The van der Waals surface area contributed by atoms with Crippen molar-refractivity contribution in [2.75, 3.05) is 19.8 Å². The fourth-order valence-corrected chi connectivity index (χ4v) is 5.55. The maximum Gasteiger partial charge on any atom is 0.472 e. The van der Waals surface area contributed by atoms with E-state index in [1.54, 1.807) is 0 Å². The molecule has 0 aliphatic rings. The van der Waals surface area contributed by atoms with E-state index in [0.29, 0.717) is 12.8 Å². The number of carbonyl (C=O) groups excluding carboxylic acids is 2. The van der Waals surface area contributed by atoms with Crippen molar-refractivity contribution in [1.29, 1.82) is 0 Å². The van der Waals surface area contributed by atoms with Gasteiger partial charge in [0, 0.05) is 12.8 Å². The maximum absolute atomic E-state index is 12.5. The molecule has 11 nitrogen and oxygen atoms in total. The number of phosphoric ester groups is 1. The number of esters is 2. The second-order valence-electron chi connectivity index (χ2n) is 12.4. The van der Waals surface area contributed by atoms with Crippen LogP contribution >= 0.6 is 7.82 Å². The van der Waals surface area contributed by atoms with E-state index < -0.39 is 51.1 Å². The Labute approximate surface area is 295 Å². The number of phosphoric acid groups is 1. The van der Waals surface area contributed by atoms with Gasteiger partial charge in [-0.15, -0.1) is 0 Å². The Morgan fingerprint density at radius 2 is 1.14 bits per heavy atom. The predicted molar refractivity (Wildman–Crippen MR) is 194 cm³/mol. The molecule has 0 saturated carbocycles. The number of carbonyl (C=O) groups is 3. The topological polar surface area (TPSA) is 172 Å². The Bertz CT molecular complexity index is 984. The van der Waals surface area contributed by atoms with E-state index in [4.69, 9.17) is 24.8 Å². The first-order chi connectivity index (χ1) is 23.6. The van der Waals surface area contributed by atoms with Crippen LogP contribution in [0.4, 0.5) is 0 Å². The third-order valence-electron chi connectivity index (χ3n) is 7.71. The molecule has 2 unspecified atom stereocenters. The largest absolute Gasteiger partial charge is 0.480 e. The number of allylic oxidation sites excluding steroid dienone is 6. The van der Waals surface area contributed by atoms with Gasteiger partial charge in [0.2, 0.25) is 0 Å². The van der Waals surface area contributed by atoms with Gasteiger partial charge in [-0.05, 0) is 32.1 Å². The number of rotatable bonds is 34. The van der Waals surface area contributed by atoms with Crippen LogP contribution in [-0.2, 0) is 37.5 Å². The van der Waals surface area contributed by atoms with Crippen LogP contribution in [0.5, 0.6) is 0 Å². The van der Waals surface area contributed by atoms with Crippen molar-refractivity contribution in [2.24, 2.45) is 5.73 Å². The minimum Gasteiger partial charge on any atom is -0.480 e. The van der Waals surface area contributed by atoms with E-state index >= 15 is 0 Å². The monoisotopic (exact) mass is 715 g/mol. The third-order valence-corrected chi connectivity index (χ3v) is 8.66. The highest BCUT2D eigenvalue weighted by Gasteiger charge is 2.28. The molecule has 0 aromatic rings. The first-order valence-corrected chi connectivity index (χ1v) is 20.0. The van der Waals surface area contributed by atoms with Crippen molar-refractivity contribution in [3.05, 3.63) is 36.5 Å². The van der Waals surface area contributed by atoms with Crippen molar-refractivity contribution >= 4 is 25.7 Å². The average Bonchev–Trinajstić information content (AvgIpc) is 3.07. The van der Waals surface area contributed by atoms with Crippen LogP contribution in [0.25, 0.3) is 0 Å². The van der Waals surface area contributed by atoms with E-state index in [1.165, 1.54) is 51.4 Å². The molecule has 0 radical (unpaired) electrons. The molecule has 0 heterocycles. The van der Waals surface area contributed by atoms with Gasteiger partial charge >= 0.3 is 25.7 Å². The SMILES string of the molecule is CC/C=C/C=C/C=C/CCCCCCCC(=O)OC(COC(=O)CCCCCCCCCCCCCC)COP(=O)(O)OC[C@H](N)C(=O)O. The molecule has 0 aromatic heterocycles. The molecular weight excluding hydrogens is 649 g/mol. The first-order valence-electron chi connectivity index (χ1n) is 18.5. The third kappa shape index (κ3) is 32.7. The zero-order valence-electron chi connectivity index (χ0n) is 30.3. The van der Waals surface area contributed by atoms with Crippen LogP contribution in [0, 0.1) is 0 Å². The number of unbranched alkanes of at least 4 members (excludes halogenated alkanes) is 16. The van der Waals surface area contributed by atoms with Crippen LogP contribution in [0.2, 0.25) is 0 Å². The second kappa shape index (κ2) is 32.9. The molecule has 0 aliphatic heterocycles.